The minimum Gasteiger partial charge on any atom is -0.467 e. The zero-order valence-electron chi connectivity index (χ0n) is 11.0. The largest absolute Gasteiger partial charge is 0.467 e. The molecule has 0 saturated heterocycles. The third-order valence-corrected chi connectivity index (χ3v) is 3.41. The predicted octanol–water partition coefficient (Wildman–Crippen LogP) is 3.82. The van der Waals surface area contributed by atoms with Crippen LogP contribution in [0.4, 0.5) is 0 Å². The maximum atomic E-state index is 5.61. The summed E-state index contributed by atoms with van der Waals surface area (Å²) in [7, 11) is 0. The number of nitrogens with one attached hydrogen (secondary N) is 1. The van der Waals surface area contributed by atoms with Crippen molar-refractivity contribution in [2.24, 2.45) is 0 Å². The average Bonchev–Trinajstić information content (AvgIpc) is 3.02. The van der Waals surface area contributed by atoms with Gasteiger partial charge >= 0.3 is 0 Å². The van der Waals surface area contributed by atoms with Crippen molar-refractivity contribution in [2.75, 3.05) is 0 Å². The molecule has 1 aromatic carbocycles. The van der Waals surface area contributed by atoms with Crippen LogP contribution in [0.2, 0.25) is 0 Å². The van der Waals surface area contributed by atoms with Crippen LogP contribution in [0.3, 0.4) is 0 Å². The summed E-state index contributed by atoms with van der Waals surface area (Å²) in [6, 6.07) is 9.42. The lowest BCUT2D eigenvalue weighted by Gasteiger charge is -2.06. The number of rotatable bonds is 4. The van der Waals surface area contributed by atoms with E-state index in [-0.39, 0.29) is 0 Å². The van der Waals surface area contributed by atoms with E-state index in [9.17, 15) is 0 Å². The van der Waals surface area contributed by atoms with Crippen LogP contribution in [0.5, 0.6) is 0 Å². The summed E-state index contributed by atoms with van der Waals surface area (Å²) in [5.41, 5.74) is 5.07. The molecule has 1 fully saturated rings. The van der Waals surface area contributed by atoms with E-state index >= 15 is 0 Å². The Bertz CT molecular complexity index is 532. The molecule has 0 bridgehead atoms. The number of hydrogen-bond acceptors (Lipinski definition) is 2. The fourth-order valence-electron chi connectivity index (χ4n) is 2.39. The van der Waals surface area contributed by atoms with Crippen molar-refractivity contribution >= 4 is 0 Å². The highest BCUT2D eigenvalue weighted by Crippen LogP contribution is 2.28. The molecule has 94 valence electrons. The van der Waals surface area contributed by atoms with Crippen LogP contribution >= 0.6 is 0 Å². The second-order valence-corrected chi connectivity index (χ2v) is 5.29. The number of aryl methyl sites for hydroxylation is 2. The van der Waals surface area contributed by atoms with Crippen molar-refractivity contribution in [3.05, 3.63) is 47.4 Å². The smallest absolute Gasteiger partial charge is 0.125 e. The molecule has 2 aromatic rings. The first-order chi connectivity index (χ1) is 8.72. The number of hydrogen-bond donors (Lipinski definition) is 1. The van der Waals surface area contributed by atoms with Gasteiger partial charge in [0.15, 0.2) is 0 Å². The lowest BCUT2D eigenvalue weighted by Crippen LogP contribution is -2.15. The summed E-state index contributed by atoms with van der Waals surface area (Å²) >= 11 is 0. The van der Waals surface area contributed by atoms with Crippen LogP contribution in [0.25, 0.3) is 11.1 Å². The van der Waals surface area contributed by atoms with Crippen LogP contribution in [0, 0.1) is 13.8 Å². The van der Waals surface area contributed by atoms with Crippen LogP contribution in [0.15, 0.2) is 34.9 Å². The summed E-state index contributed by atoms with van der Waals surface area (Å²) in [6.07, 6.45) is 4.40. The van der Waals surface area contributed by atoms with Gasteiger partial charge in [-0.05, 0) is 38.3 Å². The van der Waals surface area contributed by atoms with E-state index in [1.165, 1.54) is 35.1 Å². The molecule has 0 atom stereocenters. The first-order valence-electron chi connectivity index (χ1n) is 6.61. The monoisotopic (exact) mass is 241 g/mol. The molecular formula is C16H19NO. The van der Waals surface area contributed by atoms with Gasteiger partial charge in [0.25, 0.3) is 0 Å². The molecular weight excluding hydrogens is 222 g/mol. The van der Waals surface area contributed by atoms with E-state index in [4.69, 9.17) is 4.42 Å². The Morgan fingerprint density at radius 1 is 1.17 bits per heavy atom. The second kappa shape index (κ2) is 4.62. The molecule has 2 heteroatoms. The van der Waals surface area contributed by atoms with Crippen molar-refractivity contribution in [2.45, 2.75) is 39.3 Å². The Hall–Kier alpha value is -1.54. The molecule has 2 nitrogen and oxygen atoms in total. The quantitative estimate of drug-likeness (QED) is 0.880. The van der Waals surface area contributed by atoms with Gasteiger partial charge in [-0.25, -0.2) is 0 Å². The summed E-state index contributed by atoms with van der Waals surface area (Å²) in [5, 5.41) is 3.50. The molecule has 1 aliphatic carbocycles. The van der Waals surface area contributed by atoms with Crippen molar-refractivity contribution < 1.29 is 4.42 Å². The SMILES string of the molecule is Cc1cc(C)cc(-c2ccoc2CNC2CC2)c1. The molecule has 3 rings (SSSR count). The van der Waals surface area contributed by atoms with Gasteiger partial charge in [-0.3, -0.25) is 0 Å². The standard InChI is InChI=1S/C16H19NO/c1-11-7-12(2)9-13(8-11)15-5-6-18-16(15)10-17-14-3-4-14/h5-9,14,17H,3-4,10H2,1-2H3. The molecule has 1 N–H and O–H groups in total. The van der Waals surface area contributed by atoms with E-state index in [0.29, 0.717) is 6.04 Å². The normalized spacial score (nSPS) is 15.0. The fourth-order valence-corrected chi connectivity index (χ4v) is 2.39. The molecule has 18 heavy (non-hydrogen) atoms. The number of benzene rings is 1. The lowest BCUT2D eigenvalue weighted by atomic mass is 10.0. The minimum atomic E-state index is 0.710. The van der Waals surface area contributed by atoms with Crippen LogP contribution in [-0.4, -0.2) is 6.04 Å². The highest BCUT2D eigenvalue weighted by molar-refractivity contribution is 5.67. The Morgan fingerprint density at radius 3 is 2.56 bits per heavy atom. The van der Waals surface area contributed by atoms with Crippen LogP contribution < -0.4 is 5.32 Å². The summed E-state index contributed by atoms with van der Waals surface area (Å²) in [4.78, 5) is 0. The first kappa shape index (κ1) is 11.5. The summed E-state index contributed by atoms with van der Waals surface area (Å²) in [5.74, 6) is 1.05. The van der Waals surface area contributed by atoms with Crippen molar-refractivity contribution in [3.63, 3.8) is 0 Å². The molecule has 0 amide bonds. The highest BCUT2D eigenvalue weighted by atomic mass is 16.3. The molecule has 1 saturated carbocycles. The highest BCUT2D eigenvalue weighted by Gasteiger charge is 2.21. The Labute approximate surface area is 108 Å². The molecule has 0 spiro atoms. The van der Waals surface area contributed by atoms with Crippen molar-refractivity contribution in [1.29, 1.82) is 0 Å². The molecule has 1 aliphatic rings. The van der Waals surface area contributed by atoms with Gasteiger partial charge in [-0.2, -0.15) is 0 Å². The van der Waals surface area contributed by atoms with E-state index in [0.717, 1.165) is 12.3 Å². The lowest BCUT2D eigenvalue weighted by molar-refractivity contribution is 0.483. The topological polar surface area (TPSA) is 25.2 Å². The Kier molecular flexibility index (Phi) is 2.96. The van der Waals surface area contributed by atoms with Crippen LogP contribution in [-0.2, 0) is 6.54 Å². The van der Waals surface area contributed by atoms with E-state index in [1.807, 2.05) is 0 Å². The van der Waals surface area contributed by atoms with Gasteiger partial charge in [-0.15, -0.1) is 0 Å². The van der Waals surface area contributed by atoms with Gasteiger partial charge in [0.05, 0.1) is 12.8 Å². The zero-order valence-corrected chi connectivity index (χ0v) is 11.0. The molecule has 1 aromatic heterocycles. The number of furan rings is 1. The van der Waals surface area contributed by atoms with E-state index in [1.54, 1.807) is 6.26 Å². The third-order valence-electron chi connectivity index (χ3n) is 3.41. The fraction of sp³-hybridized carbons (Fsp3) is 0.375. The van der Waals surface area contributed by atoms with Gasteiger partial charge < -0.3 is 9.73 Å². The predicted molar refractivity (Wildman–Crippen MR) is 73.5 cm³/mol. The van der Waals surface area contributed by atoms with Crippen molar-refractivity contribution in [1.82, 2.24) is 5.32 Å². The summed E-state index contributed by atoms with van der Waals surface area (Å²) < 4.78 is 5.61. The third kappa shape index (κ3) is 2.49. The summed E-state index contributed by atoms with van der Waals surface area (Å²) in [6.45, 7) is 5.11. The van der Waals surface area contributed by atoms with Gasteiger partial charge in [0, 0.05) is 11.6 Å². The molecule has 0 aliphatic heterocycles. The Balaban J connectivity index is 1.87. The maximum absolute atomic E-state index is 5.61. The van der Waals surface area contributed by atoms with Crippen molar-refractivity contribution in [3.8, 4) is 11.1 Å². The molecule has 0 unspecified atom stereocenters. The molecule has 1 heterocycles. The zero-order chi connectivity index (χ0) is 12.5. The van der Waals surface area contributed by atoms with Gasteiger partial charge in [-0.1, -0.05) is 29.3 Å². The molecule has 0 radical (unpaired) electrons. The van der Waals surface area contributed by atoms with Gasteiger partial charge in [0.2, 0.25) is 0 Å². The van der Waals surface area contributed by atoms with Gasteiger partial charge in [0.1, 0.15) is 5.76 Å². The van der Waals surface area contributed by atoms with E-state index in [2.05, 4.69) is 43.4 Å². The Morgan fingerprint density at radius 2 is 1.89 bits per heavy atom. The van der Waals surface area contributed by atoms with Crippen LogP contribution in [0.1, 0.15) is 29.7 Å². The average molecular weight is 241 g/mol. The first-order valence-corrected chi connectivity index (χ1v) is 6.61. The van der Waals surface area contributed by atoms with E-state index < -0.39 is 0 Å². The second-order valence-electron chi connectivity index (χ2n) is 5.29. The minimum absolute atomic E-state index is 0.710. The maximum Gasteiger partial charge on any atom is 0.125 e.